The summed E-state index contributed by atoms with van der Waals surface area (Å²) in [5.41, 5.74) is 9.62. The van der Waals surface area contributed by atoms with E-state index in [2.05, 4.69) is 149 Å². The van der Waals surface area contributed by atoms with Crippen molar-refractivity contribution in [2.24, 2.45) is 0 Å². The summed E-state index contributed by atoms with van der Waals surface area (Å²) in [6, 6.07) is 42.1. The molecule has 5 nitrogen and oxygen atoms in total. The minimum atomic E-state index is -0.477. The van der Waals surface area contributed by atoms with Crippen molar-refractivity contribution in [1.29, 1.82) is 0 Å². The maximum absolute atomic E-state index is 6.48. The highest BCUT2D eigenvalue weighted by molar-refractivity contribution is 6.62. The van der Waals surface area contributed by atoms with Crippen LogP contribution in [0.2, 0.25) is 0 Å². The van der Waals surface area contributed by atoms with Gasteiger partial charge in [0.05, 0.1) is 44.7 Å². The molecule has 0 radical (unpaired) electrons. The first-order valence-electron chi connectivity index (χ1n) is 17.8. The molecule has 0 unspecified atom stereocenters. The van der Waals surface area contributed by atoms with Crippen molar-refractivity contribution >= 4 is 46.5 Å². The van der Waals surface area contributed by atoms with E-state index >= 15 is 0 Å². The quantitative estimate of drug-likeness (QED) is 0.137. The van der Waals surface area contributed by atoms with Gasteiger partial charge in [-0.3, -0.25) is 0 Å². The fraction of sp³-hybridized carbons (Fsp3) is 0.178. The first-order valence-corrected chi connectivity index (χ1v) is 17.8. The van der Waals surface area contributed by atoms with Crippen LogP contribution in [0.15, 0.2) is 121 Å². The number of pyridine rings is 1. The normalized spacial score (nSPS) is 16.1. The Morgan fingerprint density at radius 3 is 1.71 bits per heavy atom. The molecule has 2 aliphatic rings. The summed E-state index contributed by atoms with van der Waals surface area (Å²) < 4.78 is 13.0. The second kappa shape index (κ2) is 12.1. The monoisotopic (exact) mass is 663 g/mol. The maximum atomic E-state index is 6.48. The topological polar surface area (TPSA) is 57.1 Å². The van der Waals surface area contributed by atoms with E-state index in [9.17, 15) is 0 Å². The van der Waals surface area contributed by atoms with Gasteiger partial charge in [-0.05, 0) is 57.6 Å². The number of hydrogen-bond acceptors (Lipinski definition) is 5. The van der Waals surface area contributed by atoms with Gasteiger partial charge >= 0.3 is 7.12 Å². The molecule has 0 saturated carbocycles. The zero-order valence-electron chi connectivity index (χ0n) is 29.4. The Morgan fingerprint density at radius 2 is 1.08 bits per heavy atom. The number of aromatic nitrogens is 3. The van der Waals surface area contributed by atoms with Crippen LogP contribution >= 0.6 is 0 Å². The van der Waals surface area contributed by atoms with Crippen LogP contribution in [0.25, 0.3) is 78.9 Å². The number of fused-ring (bicyclic) bond motifs is 5. The summed E-state index contributed by atoms with van der Waals surface area (Å²) in [5.74, 6) is 0. The second-order valence-electron chi connectivity index (χ2n) is 14.5. The van der Waals surface area contributed by atoms with Crippen molar-refractivity contribution in [3.8, 4) is 44.9 Å². The molecular weight excluding hydrogens is 625 g/mol. The van der Waals surface area contributed by atoms with Gasteiger partial charge in [-0.15, -0.1) is 0 Å². The predicted octanol–water partition coefficient (Wildman–Crippen LogP) is 8.50. The second-order valence-corrected chi connectivity index (χ2v) is 14.5. The molecule has 0 amide bonds. The lowest BCUT2D eigenvalue weighted by Gasteiger charge is -2.32. The molecule has 2 aromatic heterocycles. The summed E-state index contributed by atoms with van der Waals surface area (Å²) in [7, 11) is -0.477. The Hall–Kier alpha value is -5.43. The smallest absolute Gasteiger partial charge is 0.399 e. The Balaban J connectivity index is 1.39. The lowest BCUT2D eigenvalue weighted by atomic mass is 9.78. The largest absolute Gasteiger partial charge is 0.494 e. The van der Waals surface area contributed by atoms with Gasteiger partial charge in [0.15, 0.2) is 0 Å². The van der Waals surface area contributed by atoms with Crippen LogP contribution in [0.3, 0.4) is 0 Å². The molecule has 3 heterocycles. The number of benzene rings is 5. The van der Waals surface area contributed by atoms with Crippen molar-refractivity contribution in [2.45, 2.75) is 51.7 Å². The average Bonchev–Trinajstić information content (AvgIpc) is 3.40. The van der Waals surface area contributed by atoms with E-state index in [0.717, 1.165) is 95.6 Å². The summed E-state index contributed by atoms with van der Waals surface area (Å²) >= 11 is 0. The molecule has 1 aliphatic heterocycles. The van der Waals surface area contributed by atoms with Gasteiger partial charge in [0.25, 0.3) is 0 Å². The van der Waals surface area contributed by atoms with Crippen LogP contribution in [-0.4, -0.2) is 33.3 Å². The highest BCUT2D eigenvalue weighted by atomic mass is 16.7. The van der Waals surface area contributed by atoms with Gasteiger partial charge in [0.2, 0.25) is 0 Å². The van der Waals surface area contributed by atoms with Crippen molar-refractivity contribution in [3.05, 3.63) is 132 Å². The number of hydrogen-bond donors (Lipinski definition) is 0. The van der Waals surface area contributed by atoms with Crippen molar-refractivity contribution in [1.82, 2.24) is 15.0 Å². The summed E-state index contributed by atoms with van der Waals surface area (Å²) in [6.45, 7) is 8.36. The van der Waals surface area contributed by atoms with Crippen molar-refractivity contribution in [3.63, 3.8) is 0 Å². The SMILES string of the molecule is CC1(C)OB(c2cccc(-c3nc4c(c5c3cc(-c3ccccc3)c3nc(-c6ccccc6)c(-c6ccccc6)nc35)=CCCC=4)c2)OC1(C)C. The molecule has 0 N–H and O–H groups in total. The van der Waals surface area contributed by atoms with Gasteiger partial charge in [-0.2, -0.15) is 0 Å². The Morgan fingerprint density at radius 1 is 0.529 bits per heavy atom. The van der Waals surface area contributed by atoms with E-state index in [-0.39, 0.29) is 0 Å². The van der Waals surface area contributed by atoms with E-state index < -0.39 is 18.3 Å². The third kappa shape index (κ3) is 5.38. The van der Waals surface area contributed by atoms with Crippen LogP contribution in [-0.2, 0) is 9.31 Å². The molecule has 1 saturated heterocycles. The molecule has 6 heteroatoms. The molecule has 5 aromatic carbocycles. The minimum absolute atomic E-state index is 0.438. The maximum Gasteiger partial charge on any atom is 0.494 e. The molecule has 0 spiro atoms. The first-order chi connectivity index (χ1) is 24.8. The van der Waals surface area contributed by atoms with E-state index in [0.29, 0.717) is 0 Å². The van der Waals surface area contributed by atoms with Crippen LogP contribution in [0.5, 0.6) is 0 Å². The molecule has 51 heavy (non-hydrogen) atoms. The molecule has 1 fully saturated rings. The summed E-state index contributed by atoms with van der Waals surface area (Å²) in [6.07, 6.45) is 6.48. The zero-order valence-corrected chi connectivity index (χ0v) is 29.4. The average molecular weight is 664 g/mol. The van der Waals surface area contributed by atoms with Crippen molar-refractivity contribution in [2.75, 3.05) is 0 Å². The minimum Gasteiger partial charge on any atom is -0.399 e. The Bertz CT molecular complexity index is 2570. The zero-order chi connectivity index (χ0) is 34.7. The molecule has 0 atom stereocenters. The molecule has 9 rings (SSSR count). The van der Waals surface area contributed by atoms with Gasteiger partial charge in [0.1, 0.15) is 0 Å². The molecular formula is C45H38BN3O2. The third-order valence-electron chi connectivity index (χ3n) is 10.7. The Labute approximate surface area is 298 Å². The standard InChI is InChI=1S/C45H38BN3O2/c1-44(2)45(3,4)51-46(50-44)33-24-16-23-32(27-33)39-36-28-35(29-17-8-5-9-18-29)42-43(38(36)34-25-14-15-26-37(34)47-39)49-41(31-21-12-7-13-22-31)40(48-42)30-19-10-6-11-20-30/h5-13,16-28H,14-15H2,1-4H3. The van der Waals surface area contributed by atoms with Gasteiger partial charge < -0.3 is 9.31 Å². The van der Waals surface area contributed by atoms with Crippen molar-refractivity contribution < 1.29 is 9.31 Å². The lowest BCUT2D eigenvalue weighted by Crippen LogP contribution is -2.41. The fourth-order valence-corrected chi connectivity index (χ4v) is 7.31. The van der Waals surface area contributed by atoms with Crippen LogP contribution in [0, 0.1) is 0 Å². The van der Waals surface area contributed by atoms with Crippen LogP contribution in [0.1, 0.15) is 40.5 Å². The van der Waals surface area contributed by atoms with Gasteiger partial charge in [-0.1, -0.05) is 127 Å². The van der Waals surface area contributed by atoms with E-state index in [1.807, 2.05) is 12.1 Å². The fourth-order valence-electron chi connectivity index (χ4n) is 7.31. The van der Waals surface area contributed by atoms with Crippen LogP contribution in [0.4, 0.5) is 0 Å². The molecule has 1 aliphatic carbocycles. The van der Waals surface area contributed by atoms with Crippen LogP contribution < -0.4 is 16.0 Å². The highest BCUT2D eigenvalue weighted by Gasteiger charge is 2.51. The predicted molar refractivity (Wildman–Crippen MR) is 210 cm³/mol. The van der Waals surface area contributed by atoms with E-state index in [4.69, 9.17) is 24.3 Å². The lowest BCUT2D eigenvalue weighted by molar-refractivity contribution is 0.00578. The Kier molecular flexibility index (Phi) is 7.50. The van der Waals surface area contributed by atoms with Gasteiger partial charge in [-0.25, -0.2) is 15.0 Å². The summed E-state index contributed by atoms with van der Waals surface area (Å²) in [4.78, 5) is 16.6. The molecule has 7 aromatic rings. The summed E-state index contributed by atoms with van der Waals surface area (Å²) in [5, 5.41) is 4.21. The van der Waals surface area contributed by atoms with E-state index in [1.165, 1.54) is 0 Å². The number of rotatable bonds is 5. The van der Waals surface area contributed by atoms with E-state index in [1.54, 1.807) is 0 Å². The molecule has 248 valence electrons. The van der Waals surface area contributed by atoms with Gasteiger partial charge in [0, 0.05) is 38.2 Å². The third-order valence-corrected chi connectivity index (χ3v) is 10.7. The first kappa shape index (κ1) is 31.5. The number of nitrogens with zero attached hydrogens (tertiary/aromatic N) is 3. The molecule has 0 bridgehead atoms. The highest BCUT2D eigenvalue weighted by Crippen LogP contribution is 2.40.